The lowest BCUT2D eigenvalue weighted by atomic mass is 9.65. The molecule has 1 aliphatic heterocycles. The van der Waals surface area contributed by atoms with Crippen molar-refractivity contribution in [2.75, 3.05) is 13.1 Å². The Hall–Kier alpha value is -1.43. The first kappa shape index (κ1) is 19.5. The number of fused-ring (bicyclic) bond motifs is 2. The van der Waals surface area contributed by atoms with Crippen LogP contribution in [0.15, 0.2) is 0 Å². The van der Waals surface area contributed by atoms with E-state index in [1.54, 1.807) is 0 Å². The fourth-order valence-electron chi connectivity index (χ4n) is 6.67. The number of piperidine rings is 1. The van der Waals surface area contributed by atoms with E-state index in [-0.39, 0.29) is 11.8 Å². The Morgan fingerprint density at radius 3 is 2.41 bits per heavy atom. The third-order valence-corrected chi connectivity index (χ3v) is 8.37. The fraction of sp³-hybridized carbons (Fsp3) is 0.870. The minimum atomic E-state index is 0.189. The Morgan fingerprint density at radius 2 is 1.66 bits per heavy atom. The maximum atomic E-state index is 13.4. The van der Waals surface area contributed by atoms with Crippen molar-refractivity contribution in [1.82, 2.24) is 20.1 Å². The molecule has 4 aliphatic rings. The van der Waals surface area contributed by atoms with Crippen LogP contribution in [-0.4, -0.2) is 45.1 Å². The molecule has 160 valence electrons. The van der Waals surface area contributed by atoms with Crippen LogP contribution in [-0.2, 0) is 4.79 Å². The van der Waals surface area contributed by atoms with E-state index in [4.69, 9.17) is 10.7 Å². The molecule has 0 radical (unpaired) electrons. The van der Waals surface area contributed by atoms with Crippen molar-refractivity contribution < 1.29 is 4.79 Å². The quantitative estimate of drug-likeness (QED) is 0.811. The van der Waals surface area contributed by atoms with E-state index in [2.05, 4.69) is 15.1 Å². The summed E-state index contributed by atoms with van der Waals surface area (Å²) in [5.74, 6) is 4.54. The highest BCUT2D eigenvalue weighted by atomic mass is 16.2. The number of carbonyl (C=O) groups excluding carboxylic acids is 1. The Morgan fingerprint density at radius 1 is 0.931 bits per heavy atom. The summed E-state index contributed by atoms with van der Waals surface area (Å²) in [6.07, 6.45) is 14.3. The van der Waals surface area contributed by atoms with E-state index in [1.807, 2.05) is 0 Å². The van der Waals surface area contributed by atoms with Gasteiger partial charge < -0.3 is 10.6 Å². The zero-order valence-corrected chi connectivity index (χ0v) is 17.7. The number of H-pyrrole nitrogens is 1. The lowest BCUT2D eigenvalue weighted by molar-refractivity contribution is -0.139. The van der Waals surface area contributed by atoms with Crippen molar-refractivity contribution >= 4 is 5.91 Å². The van der Waals surface area contributed by atoms with Gasteiger partial charge in [-0.2, -0.15) is 5.10 Å². The lowest BCUT2D eigenvalue weighted by Gasteiger charge is -2.45. The van der Waals surface area contributed by atoms with Crippen molar-refractivity contribution in [2.45, 2.75) is 94.9 Å². The third-order valence-electron chi connectivity index (χ3n) is 8.37. The molecule has 1 aromatic heterocycles. The minimum Gasteiger partial charge on any atom is -0.342 e. The number of likely N-dealkylation sites (tertiary alicyclic amines) is 1. The number of aromatic amines is 1. The number of aromatic nitrogens is 3. The van der Waals surface area contributed by atoms with Crippen LogP contribution in [0.4, 0.5) is 0 Å². The molecule has 29 heavy (non-hydrogen) atoms. The second-order valence-corrected chi connectivity index (χ2v) is 10.2. The third kappa shape index (κ3) is 3.97. The zero-order valence-electron chi connectivity index (χ0n) is 17.7. The molecule has 3 aliphatic carbocycles. The van der Waals surface area contributed by atoms with Crippen molar-refractivity contribution in [3.05, 3.63) is 11.6 Å². The first-order valence-electron chi connectivity index (χ1n) is 12.2. The van der Waals surface area contributed by atoms with Gasteiger partial charge >= 0.3 is 0 Å². The van der Waals surface area contributed by atoms with E-state index in [0.29, 0.717) is 29.7 Å². The van der Waals surface area contributed by atoms with Crippen LogP contribution in [0.5, 0.6) is 0 Å². The molecule has 3 N–H and O–H groups in total. The SMILES string of the molecule is NC1C2CCCC1CC(C(=O)N1CCCC(c3n[nH]c(C4CCCCC4)n3)C1)C2. The molecule has 1 amide bonds. The predicted molar refractivity (Wildman–Crippen MR) is 112 cm³/mol. The van der Waals surface area contributed by atoms with Crippen LogP contribution in [0.2, 0.25) is 0 Å². The van der Waals surface area contributed by atoms with Gasteiger partial charge in [0.1, 0.15) is 5.82 Å². The maximum Gasteiger partial charge on any atom is 0.225 e. The van der Waals surface area contributed by atoms with Gasteiger partial charge in [-0.15, -0.1) is 0 Å². The Kier molecular flexibility index (Phi) is 5.63. The summed E-state index contributed by atoms with van der Waals surface area (Å²) < 4.78 is 0. The average molecular weight is 400 g/mol. The van der Waals surface area contributed by atoms with Crippen LogP contribution >= 0.6 is 0 Å². The van der Waals surface area contributed by atoms with Crippen LogP contribution in [0.25, 0.3) is 0 Å². The number of hydrogen-bond donors (Lipinski definition) is 2. The zero-order chi connectivity index (χ0) is 19.8. The second-order valence-electron chi connectivity index (χ2n) is 10.2. The molecular formula is C23H37N5O. The predicted octanol–water partition coefficient (Wildman–Crippen LogP) is 3.71. The minimum absolute atomic E-state index is 0.189. The van der Waals surface area contributed by atoms with Crippen LogP contribution in [0.1, 0.15) is 101 Å². The molecule has 3 unspecified atom stereocenters. The van der Waals surface area contributed by atoms with E-state index >= 15 is 0 Å². The molecule has 2 heterocycles. The van der Waals surface area contributed by atoms with Gasteiger partial charge in [0.2, 0.25) is 5.91 Å². The van der Waals surface area contributed by atoms with Gasteiger partial charge in [-0.3, -0.25) is 9.89 Å². The summed E-state index contributed by atoms with van der Waals surface area (Å²) in [5.41, 5.74) is 6.44. The van der Waals surface area contributed by atoms with Crippen LogP contribution in [0, 0.1) is 17.8 Å². The van der Waals surface area contributed by atoms with Gasteiger partial charge in [0, 0.05) is 36.9 Å². The Bertz CT molecular complexity index is 698. The molecule has 2 bridgehead atoms. The van der Waals surface area contributed by atoms with Crippen molar-refractivity contribution in [3.63, 3.8) is 0 Å². The summed E-state index contributed by atoms with van der Waals surface area (Å²) in [6, 6.07) is 0.327. The molecule has 3 atom stereocenters. The molecule has 0 spiro atoms. The van der Waals surface area contributed by atoms with Gasteiger partial charge in [-0.05, 0) is 63.2 Å². The first-order valence-corrected chi connectivity index (χ1v) is 12.2. The Balaban J connectivity index is 1.23. The van der Waals surface area contributed by atoms with Gasteiger partial charge in [-0.1, -0.05) is 25.7 Å². The number of rotatable bonds is 3. The summed E-state index contributed by atoms with van der Waals surface area (Å²) >= 11 is 0. The standard InChI is InChI=1S/C23H37N5O/c24-20-16-8-4-9-17(20)13-19(12-16)23(29)28-11-5-10-18(14-28)22-25-21(26-27-22)15-6-2-1-3-7-15/h15-20H,1-14,24H2,(H,25,26,27). The van der Waals surface area contributed by atoms with Gasteiger partial charge in [-0.25, -0.2) is 4.98 Å². The molecule has 1 saturated heterocycles. The van der Waals surface area contributed by atoms with Crippen LogP contribution in [0.3, 0.4) is 0 Å². The highest BCUT2D eigenvalue weighted by Crippen LogP contribution is 2.43. The van der Waals surface area contributed by atoms with Crippen molar-refractivity contribution in [1.29, 1.82) is 0 Å². The summed E-state index contributed by atoms with van der Waals surface area (Å²) in [5, 5.41) is 7.82. The molecular weight excluding hydrogens is 362 g/mol. The molecule has 6 nitrogen and oxygen atoms in total. The van der Waals surface area contributed by atoms with Gasteiger partial charge in [0.25, 0.3) is 0 Å². The molecule has 6 heteroatoms. The number of carbonyl (C=O) groups is 1. The summed E-state index contributed by atoms with van der Waals surface area (Å²) in [4.78, 5) is 20.4. The van der Waals surface area contributed by atoms with E-state index in [0.717, 1.165) is 50.4 Å². The number of hydrogen-bond acceptors (Lipinski definition) is 4. The molecule has 0 aromatic carbocycles. The highest BCUT2D eigenvalue weighted by Gasteiger charge is 2.42. The van der Waals surface area contributed by atoms with Crippen molar-refractivity contribution in [2.24, 2.45) is 23.5 Å². The number of amides is 1. The number of nitrogens with zero attached hydrogens (tertiary/aromatic N) is 3. The normalized spacial score (nSPS) is 36.2. The average Bonchev–Trinajstić information content (AvgIpc) is 3.24. The molecule has 1 aromatic rings. The number of nitrogens with two attached hydrogens (primary N) is 1. The molecule has 3 saturated carbocycles. The van der Waals surface area contributed by atoms with E-state index in [1.165, 1.54) is 51.4 Å². The van der Waals surface area contributed by atoms with Gasteiger partial charge in [0.15, 0.2) is 5.82 Å². The van der Waals surface area contributed by atoms with E-state index < -0.39 is 0 Å². The van der Waals surface area contributed by atoms with Crippen LogP contribution < -0.4 is 5.73 Å². The summed E-state index contributed by atoms with van der Waals surface area (Å²) in [6.45, 7) is 1.69. The van der Waals surface area contributed by atoms with Gasteiger partial charge in [0.05, 0.1) is 0 Å². The smallest absolute Gasteiger partial charge is 0.225 e. The summed E-state index contributed by atoms with van der Waals surface area (Å²) in [7, 11) is 0. The molecule has 4 fully saturated rings. The lowest BCUT2D eigenvalue weighted by Crippen LogP contribution is -2.51. The fourth-order valence-corrected chi connectivity index (χ4v) is 6.67. The highest BCUT2D eigenvalue weighted by molar-refractivity contribution is 5.79. The molecule has 5 rings (SSSR count). The largest absolute Gasteiger partial charge is 0.342 e. The van der Waals surface area contributed by atoms with E-state index in [9.17, 15) is 4.79 Å². The number of nitrogens with one attached hydrogen (secondary N) is 1. The first-order chi connectivity index (χ1) is 14.2. The second kappa shape index (κ2) is 8.37. The maximum absolute atomic E-state index is 13.4. The topological polar surface area (TPSA) is 87.9 Å². The Labute approximate surface area is 174 Å². The monoisotopic (exact) mass is 399 g/mol. The van der Waals surface area contributed by atoms with Crippen molar-refractivity contribution in [3.8, 4) is 0 Å².